The van der Waals surface area contributed by atoms with Crippen LogP contribution in [0.1, 0.15) is 26.2 Å². The number of piperidine rings is 1. The zero-order valence-electron chi connectivity index (χ0n) is 9.10. The van der Waals surface area contributed by atoms with Crippen molar-refractivity contribution in [1.82, 2.24) is 4.90 Å². The molecule has 1 N–H and O–H groups in total. The molecule has 0 aliphatic carbocycles. The van der Waals surface area contributed by atoms with Gasteiger partial charge < -0.3 is 5.11 Å². The van der Waals surface area contributed by atoms with Gasteiger partial charge in [0, 0.05) is 18.1 Å². The topological polar surface area (TPSA) is 57.6 Å². The summed E-state index contributed by atoms with van der Waals surface area (Å²) in [6.07, 6.45) is 3.42. The molecule has 15 heavy (non-hydrogen) atoms. The molecule has 86 valence electrons. The third kappa shape index (κ3) is 2.72. The van der Waals surface area contributed by atoms with Crippen LogP contribution in [-0.4, -0.2) is 46.0 Å². The van der Waals surface area contributed by atoms with E-state index in [-0.39, 0.29) is 29.7 Å². The largest absolute Gasteiger partial charge is 0.395 e. The Morgan fingerprint density at radius 2 is 1.93 bits per heavy atom. The van der Waals surface area contributed by atoms with Crippen LogP contribution < -0.4 is 0 Å². The molecule has 2 unspecified atom stereocenters. The third-order valence-electron chi connectivity index (χ3n) is 2.75. The number of hydrogen-bond acceptors (Lipinski definition) is 4. The summed E-state index contributed by atoms with van der Waals surface area (Å²) in [6, 6.07) is -0.217. The van der Waals surface area contributed by atoms with Crippen molar-refractivity contribution in [3.8, 4) is 0 Å². The van der Waals surface area contributed by atoms with E-state index in [0.717, 1.165) is 0 Å². The first kappa shape index (κ1) is 12.5. The number of aliphatic hydroxyl groups is 1. The maximum absolute atomic E-state index is 11.6. The lowest BCUT2D eigenvalue weighted by molar-refractivity contribution is -0.150. The van der Waals surface area contributed by atoms with E-state index in [1.807, 2.05) is 13.2 Å². The van der Waals surface area contributed by atoms with Crippen LogP contribution in [-0.2, 0) is 9.59 Å². The second-order valence-corrected chi connectivity index (χ2v) is 4.79. The molecule has 0 spiro atoms. The summed E-state index contributed by atoms with van der Waals surface area (Å²) >= 11 is 1.48. The standard InChI is InChI=1S/C10H17NO3S/c1-7(8(6-12)15-2)11-9(13)4-3-5-10(11)14/h7-8,12H,3-6H2,1-2H3. The Bertz CT molecular complexity index is 237. The molecule has 1 rings (SSSR count). The molecule has 0 aromatic rings. The van der Waals surface area contributed by atoms with Crippen LogP contribution in [0.3, 0.4) is 0 Å². The molecule has 0 aromatic heterocycles. The number of carbonyl (C=O) groups excluding carboxylic acids is 2. The van der Waals surface area contributed by atoms with E-state index in [0.29, 0.717) is 19.3 Å². The minimum Gasteiger partial charge on any atom is -0.395 e. The number of aliphatic hydroxyl groups excluding tert-OH is 1. The fourth-order valence-corrected chi connectivity index (χ4v) is 2.48. The number of nitrogens with zero attached hydrogens (tertiary/aromatic N) is 1. The molecular weight excluding hydrogens is 214 g/mol. The Morgan fingerprint density at radius 1 is 1.40 bits per heavy atom. The second kappa shape index (κ2) is 5.51. The highest BCUT2D eigenvalue weighted by Crippen LogP contribution is 2.21. The van der Waals surface area contributed by atoms with E-state index in [9.17, 15) is 9.59 Å². The summed E-state index contributed by atoms with van der Waals surface area (Å²) in [4.78, 5) is 24.5. The smallest absolute Gasteiger partial charge is 0.229 e. The Balaban J connectivity index is 2.74. The first-order valence-electron chi connectivity index (χ1n) is 5.10. The van der Waals surface area contributed by atoms with Gasteiger partial charge in [0.25, 0.3) is 0 Å². The van der Waals surface area contributed by atoms with Crippen molar-refractivity contribution in [2.75, 3.05) is 12.9 Å². The van der Waals surface area contributed by atoms with Crippen LogP contribution in [0.2, 0.25) is 0 Å². The van der Waals surface area contributed by atoms with E-state index >= 15 is 0 Å². The minimum atomic E-state index is -0.217. The van der Waals surface area contributed by atoms with Gasteiger partial charge in [0.1, 0.15) is 0 Å². The number of imide groups is 1. The highest BCUT2D eigenvalue weighted by Gasteiger charge is 2.33. The fourth-order valence-electron chi connectivity index (χ4n) is 1.82. The van der Waals surface area contributed by atoms with Gasteiger partial charge in [-0.25, -0.2) is 0 Å². The molecule has 0 saturated carbocycles. The fraction of sp³-hybridized carbons (Fsp3) is 0.800. The summed E-state index contributed by atoms with van der Waals surface area (Å²) < 4.78 is 0. The third-order valence-corrected chi connectivity index (χ3v) is 3.90. The van der Waals surface area contributed by atoms with Crippen LogP contribution in [0.4, 0.5) is 0 Å². The van der Waals surface area contributed by atoms with Gasteiger partial charge in [-0.15, -0.1) is 0 Å². The first-order valence-corrected chi connectivity index (χ1v) is 6.39. The van der Waals surface area contributed by atoms with Crippen LogP contribution in [0.25, 0.3) is 0 Å². The van der Waals surface area contributed by atoms with Crippen molar-refractivity contribution >= 4 is 23.6 Å². The van der Waals surface area contributed by atoms with Gasteiger partial charge in [-0.05, 0) is 19.6 Å². The van der Waals surface area contributed by atoms with Crippen LogP contribution >= 0.6 is 11.8 Å². The normalized spacial score (nSPS) is 21.7. The average Bonchev–Trinajstić information content (AvgIpc) is 2.19. The molecule has 1 aliphatic heterocycles. The quantitative estimate of drug-likeness (QED) is 0.721. The van der Waals surface area contributed by atoms with Crippen molar-refractivity contribution in [3.63, 3.8) is 0 Å². The van der Waals surface area contributed by atoms with Crippen molar-refractivity contribution in [2.24, 2.45) is 0 Å². The molecule has 0 bridgehead atoms. The Kier molecular flexibility index (Phi) is 4.60. The lowest BCUT2D eigenvalue weighted by atomic mass is 10.1. The maximum atomic E-state index is 11.6. The molecule has 1 aliphatic rings. The van der Waals surface area contributed by atoms with Crippen molar-refractivity contribution < 1.29 is 14.7 Å². The lowest BCUT2D eigenvalue weighted by Crippen LogP contribution is -2.50. The van der Waals surface area contributed by atoms with E-state index in [1.54, 1.807) is 0 Å². The average molecular weight is 231 g/mol. The summed E-state index contributed by atoms with van der Waals surface area (Å²) in [6.45, 7) is 1.80. The molecule has 1 saturated heterocycles. The van der Waals surface area contributed by atoms with Gasteiger partial charge in [-0.1, -0.05) is 0 Å². The number of amides is 2. The van der Waals surface area contributed by atoms with Crippen molar-refractivity contribution in [1.29, 1.82) is 0 Å². The molecule has 4 nitrogen and oxygen atoms in total. The Hall–Kier alpha value is -0.550. The monoisotopic (exact) mass is 231 g/mol. The van der Waals surface area contributed by atoms with Crippen molar-refractivity contribution in [3.05, 3.63) is 0 Å². The van der Waals surface area contributed by atoms with Crippen molar-refractivity contribution in [2.45, 2.75) is 37.5 Å². The van der Waals surface area contributed by atoms with Gasteiger partial charge in [0.2, 0.25) is 11.8 Å². The molecule has 0 aromatic carbocycles. The van der Waals surface area contributed by atoms with E-state index in [1.165, 1.54) is 16.7 Å². The predicted molar refractivity (Wildman–Crippen MR) is 59.6 cm³/mol. The maximum Gasteiger partial charge on any atom is 0.229 e. The zero-order valence-corrected chi connectivity index (χ0v) is 9.92. The molecule has 5 heteroatoms. The number of hydrogen-bond donors (Lipinski definition) is 1. The van der Waals surface area contributed by atoms with E-state index < -0.39 is 0 Å². The zero-order chi connectivity index (χ0) is 11.4. The Labute approximate surface area is 94.0 Å². The van der Waals surface area contributed by atoms with Crippen LogP contribution in [0.5, 0.6) is 0 Å². The number of rotatable bonds is 4. The number of carbonyl (C=O) groups is 2. The summed E-state index contributed by atoms with van der Waals surface area (Å²) in [5.74, 6) is -0.211. The summed E-state index contributed by atoms with van der Waals surface area (Å²) in [7, 11) is 0. The molecule has 2 atom stereocenters. The molecule has 0 radical (unpaired) electrons. The summed E-state index contributed by atoms with van der Waals surface area (Å²) in [5.41, 5.74) is 0. The Morgan fingerprint density at radius 3 is 2.33 bits per heavy atom. The molecular formula is C10H17NO3S. The predicted octanol–water partition coefficient (Wildman–Crippen LogP) is 0.638. The summed E-state index contributed by atoms with van der Waals surface area (Å²) in [5, 5.41) is 9.04. The molecule has 1 heterocycles. The second-order valence-electron chi connectivity index (χ2n) is 3.71. The van der Waals surface area contributed by atoms with Gasteiger partial charge in [-0.3, -0.25) is 14.5 Å². The number of thioether (sulfide) groups is 1. The van der Waals surface area contributed by atoms with Gasteiger partial charge in [-0.2, -0.15) is 11.8 Å². The number of likely N-dealkylation sites (tertiary alicyclic amines) is 1. The van der Waals surface area contributed by atoms with Crippen LogP contribution in [0.15, 0.2) is 0 Å². The highest BCUT2D eigenvalue weighted by atomic mass is 32.2. The van der Waals surface area contributed by atoms with Crippen LogP contribution in [0, 0.1) is 0 Å². The van der Waals surface area contributed by atoms with Gasteiger partial charge in [0.15, 0.2) is 0 Å². The first-order chi connectivity index (χ1) is 7.11. The lowest BCUT2D eigenvalue weighted by Gasteiger charge is -2.34. The highest BCUT2D eigenvalue weighted by molar-refractivity contribution is 7.99. The molecule has 1 fully saturated rings. The van der Waals surface area contributed by atoms with E-state index in [2.05, 4.69) is 0 Å². The SMILES string of the molecule is CSC(CO)C(C)N1C(=O)CCCC1=O. The van der Waals surface area contributed by atoms with Gasteiger partial charge >= 0.3 is 0 Å². The molecule has 2 amide bonds. The minimum absolute atomic E-state index is 0.0145. The van der Waals surface area contributed by atoms with Gasteiger partial charge in [0.05, 0.1) is 12.6 Å². The van der Waals surface area contributed by atoms with E-state index in [4.69, 9.17) is 5.11 Å².